The van der Waals surface area contributed by atoms with Crippen LogP contribution < -0.4 is 4.74 Å². The molecule has 3 heteroatoms. The zero-order valence-electron chi connectivity index (χ0n) is 19.7. The normalized spacial score (nSPS) is 23.2. The maximum absolute atomic E-state index is 11.6. The molecule has 0 spiro atoms. The number of fused-ring (bicyclic) bond motifs is 2. The average molecular weight is 419 g/mol. The van der Waals surface area contributed by atoms with Crippen LogP contribution in [0.3, 0.4) is 0 Å². The summed E-state index contributed by atoms with van der Waals surface area (Å²) >= 11 is 0. The molecule has 0 saturated carbocycles. The molecule has 1 atom stereocenters. The summed E-state index contributed by atoms with van der Waals surface area (Å²) in [5.41, 5.74) is 6.62. The quantitative estimate of drug-likeness (QED) is 0.431. The Hall–Kier alpha value is -2.55. The smallest absolute Gasteiger partial charge is 0.330 e. The molecule has 0 amide bonds. The molecule has 2 aromatic carbocycles. The molecule has 0 aromatic heterocycles. The van der Waals surface area contributed by atoms with Crippen LogP contribution in [0.2, 0.25) is 0 Å². The zero-order chi connectivity index (χ0) is 22.4. The first-order valence-corrected chi connectivity index (χ1v) is 11.3. The fourth-order valence-corrected chi connectivity index (χ4v) is 5.04. The van der Waals surface area contributed by atoms with Gasteiger partial charge < -0.3 is 9.47 Å². The Balaban J connectivity index is 1.69. The van der Waals surface area contributed by atoms with E-state index in [2.05, 4.69) is 58.9 Å². The van der Waals surface area contributed by atoms with Crippen molar-refractivity contribution in [2.75, 3.05) is 13.2 Å². The number of ether oxygens (including phenoxy) is 2. The molecule has 0 bridgehead atoms. The van der Waals surface area contributed by atoms with Gasteiger partial charge in [0.1, 0.15) is 12.4 Å². The van der Waals surface area contributed by atoms with E-state index in [1.165, 1.54) is 41.2 Å². The Morgan fingerprint density at radius 3 is 2.35 bits per heavy atom. The predicted octanol–water partition coefficient (Wildman–Crippen LogP) is 6.31. The van der Waals surface area contributed by atoms with E-state index in [-0.39, 0.29) is 22.2 Å². The lowest BCUT2D eigenvalue weighted by Crippen LogP contribution is -2.35. The minimum Gasteiger partial charge on any atom is -0.492 e. The van der Waals surface area contributed by atoms with E-state index in [0.717, 1.165) is 11.3 Å². The van der Waals surface area contributed by atoms with Gasteiger partial charge in [0.2, 0.25) is 0 Å². The summed E-state index contributed by atoms with van der Waals surface area (Å²) < 4.78 is 11.1. The zero-order valence-corrected chi connectivity index (χ0v) is 19.7. The molecule has 0 saturated heterocycles. The molecule has 31 heavy (non-hydrogen) atoms. The summed E-state index contributed by atoms with van der Waals surface area (Å²) in [6.45, 7) is 14.5. The topological polar surface area (TPSA) is 35.5 Å². The molecule has 1 unspecified atom stereocenters. The van der Waals surface area contributed by atoms with Gasteiger partial charge in [0, 0.05) is 11.6 Å². The highest BCUT2D eigenvalue weighted by Crippen LogP contribution is 2.49. The molecule has 0 N–H and O–H groups in total. The lowest BCUT2D eigenvalue weighted by molar-refractivity contribution is -0.137. The third-order valence-corrected chi connectivity index (χ3v) is 7.30. The second-order valence-electron chi connectivity index (χ2n) is 10.5. The average Bonchev–Trinajstić information content (AvgIpc) is 3.07. The summed E-state index contributed by atoms with van der Waals surface area (Å²) in [4.78, 5) is 11.6. The fraction of sp³-hybridized carbons (Fsp3) is 0.464. The van der Waals surface area contributed by atoms with Gasteiger partial charge in [0.05, 0.1) is 12.0 Å². The van der Waals surface area contributed by atoms with Gasteiger partial charge in [0.25, 0.3) is 0 Å². The molecule has 1 aliphatic heterocycles. The van der Waals surface area contributed by atoms with Crippen molar-refractivity contribution < 1.29 is 14.3 Å². The Kier molecular flexibility index (Phi) is 5.28. The van der Waals surface area contributed by atoms with Crippen LogP contribution in [-0.4, -0.2) is 19.2 Å². The first-order chi connectivity index (χ1) is 14.6. The minimum absolute atomic E-state index is 0.182. The van der Waals surface area contributed by atoms with Crippen molar-refractivity contribution in [2.24, 2.45) is 0 Å². The number of hydrogen-bond acceptors (Lipinski definition) is 3. The maximum atomic E-state index is 11.6. The molecule has 2 aliphatic rings. The van der Waals surface area contributed by atoms with Crippen LogP contribution >= 0.6 is 0 Å². The van der Waals surface area contributed by atoms with E-state index in [1.54, 1.807) is 13.0 Å². The highest BCUT2D eigenvalue weighted by atomic mass is 16.5. The van der Waals surface area contributed by atoms with E-state index in [1.807, 2.05) is 12.1 Å². The molecule has 0 radical (unpaired) electrons. The Labute approximate surface area is 186 Å². The van der Waals surface area contributed by atoms with Crippen LogP contribution in [0.5, 0.6) is 5.75 Å². The standard InChI is InChI=1S/C28H34O3/c1-7-30-25(29)13-9-19-8-11-22-24(16-19)31-18-28(22,6)20-10-12-21-23(17-20)27(4,5)15-14-26(21,2)3/h8-13,16-17H,7,14-15,18H2,1-6H3/b13-9+. The molecule has 0 fully saturated rings. The second kappa shape index (κ2) is 7.55. The van der Waals surface area contributed by atoms with Crippen molar-refractivity contribution >= 4 is 12.0 Å². The summed E-state index contributed by atoms with van der Waals surface area (Å²) in [7, 11) is 0. The van der Waals surface area contributed by atoms with Gasteiger partial charge >= 0.3 is 5.97 Å². The number of rotatable bonds is 4. The Morgan fingerprint density at radius 2 is 1.65 bits per heavy atom. The van der Waals surface area contributed by atoms with Crippen LogP contribution in [0, 0.1) is 0 Å². The molecule has 4 rings (SSSR count). The van der Waals surface area contributed by atoms with E-state index in [4.69, 9.17) is 9.47 Å². The van der Waals surface area contributed by atoms with Gasteiger partial charge in [0.15, 0.2) is 0 Å². The molecular formula is C28H34O3. The van der Waals surface area contributed by atoms with Gasteiger partial charge in [-0.2, -0.15) is 0 Å². The van der Waals surface area contributed by atoms with Crippen LogP contribution in [0.4, 0.5) is 0 Å². The summed E-state index contributed by atoms with van der Waals surface area (Å²) in [5, 5.41) is 0. The van der Waals surface area contributed by atoms with Crippen LogP contribution in [0.25, 0.3) is 6.08 Å². The Bertz CT molecular complexity index is 1040. The van der Waals surface area contributed by atoms with E-state index in [9.17, 15) is 4.79 Å². The largest absolute Gasteiger partial charge is 0.492 e. The van der Waals surface area contributed by atoms with Gasteiger partial charge in [-0.3, -0.25) is 0 Å². The SMILES string of the molecule is CCOC(=O)/C=C/c1ccc2c(c1)OCC2(C)c1ccc2c(c1)C(C)(C)CCC2(C)C. The van der Waals surface area contributed by atoms with Crippen LogP contribution in [0.15, 0.2) is 42.5 Å². The number of carbonyl (C=O) groups excluding carboxylic acids is 1. The number of benzene rings is 2. The van der Waals surface area contributed by atoms with Gasteiger partial charge in [-0.1, -0.05) is 58.0 Å². The van der Waals surface area contributed by atoms with Gasteiger partial charge in [-0.25, -0.2) is 4.79 Å². The number of esters is 1. The monoisotopic (exact) mass is 418 g/mol. The van der Waals surface area contributed by atoms with Crippen molar-refractivity contribution in [1.29, 1.82) is 0 Å². The highest BCUT2D eigenvalue weighted by molar-refractivity contribution is 5.87. The maximum Gasteiger partial charge on any atom is 0.330 e. The van der Waals surface area contributed by atoms with Crippen LogP contribution in [0.1, 0.15) is 82.2 Å². The first-order valence-electron chi connectivity index (χ1n) is 11.3. The summed E-state index contributed by atoms with van der Waals surface area (Å²) in [5.74, 6) is 0.569. The molecule has 2 aromatic rings. The van der Waals surface area contributed by atoms with Crippen molar-refractivity contribution in [1.82, 2.24) is 0 Å². The third-order valence-electron chi connectivity index (χ3n) is 7.30. The lowest BCUT2D eigenvalue weighted by atomic mass is 9.62. The fourth-order valence-electron chi connectivity index (χ4n) is 5.04. The van der Waals surface area contributed by atoms with Crippen LogP contribution in [-0.2, 0) is 25.8 Å². The van der Waals surface area contributed by atoms with Gasteiger partial charge in [-0.05, 0) is 71.9 Å². The highest BCUT2D eigenvalue weighted by Gasteiger charge is 2.41. The second-order valence-corrected chi connectivity index (χ2v) is 10.5. The summed E-state index contributed by atoms with van der Waals surface area (Å²) in [6.07, 6.45) is 5.67. The third kappa shape index (κ3) is 3.79. The van der Waals surface area contributed by atoms with Crippen molar-refractivity contribution in [3.8, 4) is 5.75 Å². The molecule has 3 nitrogen and oxygen atoms in total. The molecular weight excluding hydrogens is 384 g/mol. The van der Waals surface area contributed by atoms with Crippen molar-refractivity contribution in [3.05, 3.63) is 70.3 Å². The summed E-state index contributed by atoms with van der Waals surface area (Å²) in [6, 6.07) is 13.3. The Morgan fingerprint density at radius 1 is 0.968 bits per heavy atom. The number of hydrogen-bond donors (Lipinski definition) is 0. The number of carbonyl (C=O) groups is 1. The molecule has 1 heterocycles. The predicted molar refractivity (Wildman–Crippen MR) is 126 cm³/mol. The van der Waals surface area contributed by atoms with E-state index >= 15 is 0 Å². The van der Waals surface area contributed by atoms with Crippen molar-refractivity contribution in [2.45, 2.75) is 70.6 Å². The molecule has 164 valence electrons. The van der Waals surface area contributed by atoms with E-state index in [0.29, 0.717) is 13.2 Å². The van der Waals surface area contributed by atoms with Gasteiger partial charge in [-0.15, -0.1) is 0 Å². The lowest BCUT2D eigenvalue weighted by Gasteiger charge is -2.42. The molecule has 1 aliphatic carbocycles. The van der Waals surface area contributed by atoms with E-state index < -0.39 is 0 Å². The van der Waals surface area contributed by atoms with Crippen molar-refractivity contribution in [3.63, 3.8) is 0 Å². The minimum atomic E-state index is -0.326. The first kappa shape index (κ1) is 21.7.